The molecular weight excluding hydrogens is 510 g/mol. The zero-order chi connectivity index (χ0) is 23.4. The highest BCUT2D eigenvalue weighted by atomic mass is 79.9. The van der Waals surface area contributed by atoms with Crippen molar-refractivity contribution >= 4 is 44.9 Å². The minimum Gasteiger partial charge on any atom is -0.493 e. The second kappa shape index (κ2) is 10.6. The maximum atomic E-state index is 12.5. The lowest BCUT2D eigenvalue weighted by Gasteiger charge is -2.36. The Morgan fingerprint density at radius 1 is 1.24 bits per heavy atom. The van der Waals surface area contributed by atoms with Gasteiger partial charge in [-0.05, 0) is 64.8 Å². The first-order valence-electron chi connectivity index (χ1n) is 10.5. The molecule has 1 aliphatic heterocycles. The number of hydrogen-bond donors (Lipinski definition) is 3. The zero-order valence-electron chi connectivity index (χ0n) is 18.3. The van der Waals surface area contributed by atoms with Crippen molar-refractivity contribution in [1.29, 1.82) is 0 Å². The lowest BCUT2D eigenvalue weighted by molar-refractivity contribution is 0.00843. The largest absolute Gasteiger partial charge is 0.493 e. The molecule has 1 aliphatic rings. The average Bonchev–Trinajstić information content (AvgIpc) is 3.11. The SMILES string of the molecule is COC1CNC1CCOc1ccc(NC(=O)Nc2ccc(Cl)cc2)cc1-c1c(Br)cnn1C. The monoisotopic (exact) mass is 533 g/mol. The van der Waals surface area contributed by atoms with E-state index in [9.17, 15) is 4.79 Å². The third-order valence-electron chi connectivity index (χ3n) is 5.51. The van der Waals surface area contributed by atoms with Gasteiger partial charge in [0.05, 0.1) is 29.1 Å². The predicted octanol–water partition coefficient (Wildman–Crippen LogP) is 4.90. The van der Waals surface area contributed by atoms with E-state index in [0.29, 0.717) is 34.8 Å². The number of aryl methyl sites for hydroxylation is 1. The van der Waals surface area contributed by atoms with Gasteiger partial charge in [0.2, 0.25) is 0 Å². The maximum Gasteiger partial charge on any atom is 0.323 e. The third kappa shape index (κ3) is 5.67. The Labute approximate surface area is 205 Å². The van der Waals surface area contributed by atoms with Crippen molar-refractivity contribution in [1.82, 2.24) is 15.1 Å². The van der Waals surface area contributed by atoms with E-state index in [4.69, 9.17) is 21.1 Å². The van der Waals surface area contributed by atoms with Crippen LogP contribution >= 0.6 is 27.5 Å². The Kier molecular flexibility index (Phi) is 7.54. The highest BCUT2D eigenvalue weighted by Gasteiger charge is 2.29. The molecule has 3 aromatic rings. The molecule has 2 aromatic carbocycles. The fourth-order valence-corrected chi connectivity index (χ4v) is 4.36. The van der Waals surface area contributed by atoms with Crippen LogP contribution in [0.2, 0.25) is 5.02 Å². The van der Waals surface area contributed by atoms with Gasteiger partial charge in [-0.2, -0.15) is 5.10 Å². The number of methoxy groups -OCH3 is 1. The summed E-state index contributed by atoms with van der Waals surface area (Å²) >= 11 is 9.47. The number of ether oxygens (including phenoxy) is 2. The van der Waals surface area contributed by atoms with Gasteiger partial charge in [0.15, 0.2) is 0 Å². The van der Waals surface area contributed by atoms with E-state index in [2.05, 4.69) is 37.0 Å². The van der Waals surface area contributed by atoms with Gasteiger partial charge in [-0.15, -0.1) is 0 Å². The van der Waals surface area contributed by atoms with Gasteiger partial charge in [-0.3, -0.25) is 4.68 Å². The first-order valence-corrected chi connectivity index (χ1v) is 11.7. The van der Waals surface area contributed by atoms with Gasteiger partial charge in [0.1, 0.15) is 5.75 Å². The van der Waals surface area contributed by atoms with Crippen LogP contribution in [-0.2, 0) is 11.8 Å². The summed E-state index contributed by atoms with van der Waals surface area (Å²) in [6.45, 7) is 1.40. The second-order valence-electron chi connectivity index (χ2n) is 7.69. The molecule has 33 heavy (non-hydrogen) atoms. The Morgan fingerprint density at radius 2 is 1.97 bits per heavy atom. The number of rotatable bonds is 8. The first kappa shape index (κ1) is 23.6. The molecule has 3 N–H and O–H groups in total. The van der Waals surface area contributed by atoms with Crippen molar-refractivity contribution in [3.63, 3.8) is 0 Å². The zero-order valence-corrected chi connectivity index (χ0v) is 20.6. The number of anilines is 2. The van der Waals surface area contributed by atoms with Crippen LogP contribution in [0.3, 0.4) is 0 Å². The average molecular weight is 535 g/mol. The number of halogens is 2. The molecule has 1 saturated heterocycles. The van der Waals surface area contributed by atoms with Crippen molar-refractivity contribution in [2.45, 2.75) is 18.6 Å². The van der Waals surface area contributed by atoms with E-state index >= 15 is 0 Å². The summed E-state index contributed by atoms with van der Waals surface area (Å²) in [5, 5.41) is 13.9. The molecule has 10 heteroatoms. The molecule has 8 nitrogen and oxygen atoms in total. The predicted molar refractivity (Wildman–Crippen MR) is 133 cm³/mol. The smallest absolute Gasteiger partial charge is 0.323 e. The number of aromatic nitrogens is 2. The van der Waals surface area contributed by atoms with Crippen LogP contribution in [0.4, 0.5) is 16.2 Å². The molecule has 0 saturated carbocycles. The van der Waals surface area contributed by atoms with E-state index < -0.39 is 0 Å². The summed E-state index contributed by atoms with van der Waals surface area (Å²) in [6, 6.07) is 12.4. The quantitative estimate of drug-likeness (QED) is 0.382. The van der Waals surface area contributed by atoms with Gasteiger partial charge in [-0.25, -0.2) is 4.79 Å². The Balaban J connectivity index is 1.50. The minimum atomic E-state index is -0.359. The molecule has 2 amide bonds. The van der Waals surface area contributed by atoms with E-state index in [0.717, 1.165) is 28.7 Å². The number of amides is 2. The van der Waals surface area contributed by atoms with Crippen molar-refractivity contribution < 1.29 is 14.3 Å². The van der Waals surface area contributed by atoms with Gasteiger partial charge in [0, 0.05) is 48.7 Å². The number of benzene rings is 2. The molecule has 2 unspecified atom stereocenters. The fourth-order valence-electron chi connectivity index (χ4n) is 3.67. The first-order chi connectivity index (χ1) is 15.9. The molecule has 1 fully saturated rings. The summed E-state index contributed by atoms with van der Waals surface area (Å²) in [6.07, 6.45) is 2.78. The lowest BCUT2D eigenvalue weighted by atomic mass is 10.0. The van der Waals surface area contributed by atoms with E-state index in [1.54, 1.807) is 42.3 Å². The highest BCUT2D eigenvalue weighted by molar-refractivity contribution is 9.10. The molecule has 1 aromatic heterocycles. The number of nitrogens with zero attached hydrogens (tertiary/aromatic N) is 2. The number of nitrogens with one attached hydrogen (secondary N) is 3. The summed E-state index contributed by atoms with van der Waals surface area (Å²) in [5.41, 5.74) is 2.93. The molecule has 0 bridgehead atoms. The van der Waals surface area contributed by atoms with Crippen LogP contribution in [0.5, 0.6) is 5.75 Å². The molecule has 0 aliphatic carbocycles. The summed E-state index contributed by atoms with van der Waals surface area (Å²) in [5.74, 6) is 0.705. The van der Waals surface area contributed by atoms with Gasteiger partial charge < -0.3 is 25.4 Å². The van der Waals surface area contributed by atoms with Crippen LogP contribution in [0.1, 0.15) is 6.42 Å². The van der Waals surface area contributed by atoms with Crippen molar-refractivity contribution in [2.24, 2.45) is 7.05 Å². The van der Waals surface area contributed by atoms with Crippen molar-refractivity contribution in [2.75, 3.05) is 30.9 Å². The van der Waals surface area contributed by atoms with E-state index in [1.807, 2.05) is 25.2 Å². The molecule has 4 rings (SSSR count). The molecular formula is C23H25BrClN5O3. The lowest BCUT2D eigenvalue weighted by Crippen LogP contribution is -2.58. The second-order valence-corrected chi connectivity index (χ2v) is 8.98. The van der Waals surface area contributed by atoms with Crippen LogP contribution in [0.15, 0.2) is 53.1 Å². The van der Waals surface area contributed by atoms with E-state index in [1.165, 1.54) is 0 Å². The number of urea groups is 1. The van der Waals surface area contributed by atoms with Crippen LogP contribution in [0.25, 0.3) is 11.3 Å². The Morgan fingerprint density at radius 3 is 2.61 bits per heavy atom. The summed E-state index contributed by atoms with van der Waals surface area (Å²) < 4.78 is 14.2. The summed E-state index contributed by atoms with van der Waals surface area (Å²) in [7, 11) is 3.59. The maximum absolute atomic E-state index is 12.5. The minimum absolute atomic E-state index is 0.227. The molecule has 2 atom stereocenters. The van der Waals surface area contributed by atoms with Gasteiger partial charge >= 0.3 is 6.03 Å². The van der Waals surface area contributed by atoms with Crippen molar-refractivity contribution in [3.8, 4) is 17.0 Å². The van der Waals surface area contributed by atoms with Crippen LogP contribution in [-0.4, -0.2) is 48.2 Å². The Bertz CT molecular complexity index is 1100. The normalized spacial score (nSPS) is 17.3. The number of carbonyl (C=O) groups is 1. The summed E-state index contributed by atoms with van der Waals surface area (Å²) in [4.78, 5) is 12.5. The van der Waals surface area contributed by atoms with Crippen LogP contribution in [0, 0.1) is 0 Å². The van der Waals surface area contributed by atoms with E-state index in [-0.39, 0.29) is 12.1 Å². The fraction of sp³-hybridized carbons (Fsp3) is 0.304. The van der Waals surface area contributed by atoms with Gasteiger partial charge in [0.25, 0.3) is 0 Å². The third-order valence-corrected chi connectivity index (χ3v) is 6.34. The molecule has 0 spiro atoms. The molecule has 174 valence electrons. The highest BCUT2D eigenvalue weighted by Crippen LogP contribution is 2.37. The Hall–Kier alpha value is -2.59. The number of hydrogen-bond acceptors (Lipinski definition) is 5. The van der Waals surface area contributed by atoms with Gasteiger partial charge in [-0.1, -0.05) is 11.6 Å². The van der Waals surface area contributed by atoms with Crippen LogP contribution < -0.4 is 20.7 Å². The van der Waals surface area contributed by atoms with Crippen molar-refractivity contribution in [3.05, 3.63) is 58.2 Å². The molecule has 2 heterocycles. The number of carbonyl (C=O) groups excluding carboxylic acids is 1. The standard InChI is InChI=1S/C23H25BrClN5O3/c1-30-22(18(24)12-27-30)17-11-16(29-23(31)28-15-5-3-14(25)4-6-15)7-8-20(17)33-10-9-19-21(32-2)13-26-19/h3-8,11-12,19,21,26H,9-10,13H2,1-2H3,(H2,28,29,31). The molecule has 0 radical (unpaired) electrons. The topological polar surface area (TPSA) is 89.4 Å².